The largest absolute Gasteiger partial charge is 0.379 e. The summed E-state index contributed by atoms with van der Waals surface area (Å²) in [7, 11) is -4.24. The molecule has 0 aromatic heterocycles. The second-order valence-corrected chi connectivity index (χ2v) is 8.70. The molecule has 0 bridgehead atoms. The molecule has 2 atom stereocenters. The van der Waals surface area contributed by atoms with Crippen LogP contribution in [0.3, 0.4) is 0 Å². The molecule has 2 aromatic rings. The minimum Gasteiger partial charge on any atom is -0.379 e. The Kier molecular flexibility index (Phi) is 6.17. The van der Waals surface area contributed by atoms with Crippen molar-refractivity contribution in [2.24, 2.45) is 5.92 Å². The van der Waals surface area contributed by atoms with Crippen LogP contribution in [0.1, 0.15) is 43.0 Å². The first-order chi connectivity index (χ1) is 13.8. The third-order valence-corrected chi connectivity index (χ3v) is 6.31. The van der Waals surface area contributed by atoms with Gasteiger partial charge in [-0.1, -0.05) is 25.8 Å². The molecule has 1 aliphatic rings. The fourth-order valence-electron chi connectivity index (χ4n) is 3.37. The first kappa shape index (κ1) is 20.8. The van der Waals surface area contributed by atoms with Crippen LogP contribution in [0.15, 0.2) is 53.4 Å². The van der Waals surface area contributed by atoms with E-state index in [2.05, 4.69) is 12.2 Å². The summed E-state index contributed by atoms with van der Waals surface area (Å²) >= 11 is 0. The van der Waals surface area contributed by atoms with Crippen LogP contribution in [-0.2, 0) is 10.1 Å². The molecule has 1 saturated carbocycles. The van der Waals surface area contributed by atoms with Crippen molar-refractivity contribution in [3.8, 4) is 5.75 Å². The summed E-state index contributed by atoms with van der Waals surface area (Å²) in [6, 6.07) is 10.5. The van der Waals surface area contributed by atoms with Gasteiger partial charge in [-0.25, -0.2) is 0 Å². The maximum atomic E-state index is 12.4. The number of hydrogen-bond acceptors (Lipinski definition) is 6. The van der Waals surface area contributed by atoms with Crippen LogP contribution in [0.4, 0.5) is 5.69 Å². The van der Waals surface area contributed by atoms with E-state index in [0.717, 1.165) is 25.3 Å². The number of nitrogens with one attached hydrogen (secondary N) is 1. The number of carbonyl (C=O) groups is 1. The van der Waals surface area contributed by atoms with E-state index in [-0.39, 0.29) is 28.3 Å². The van der Waals surface area contributed by atoms with Gasteiger partial charge in [-0.05, 0) is 49.1 Å². The number of benzene rings is 2. The quantitative estimate of drug-likeness (QED) is 0.435. The molecule has 29 heavy (non-hydrogen) atoms. The minimum absolute atomic E-state index is 0.0130. The van der Waals surface area contributed by atoms with Crippen molar-refractivity contribution in [1.82, 2.24) is 5.32 Å². The Morgan fingerprint density at radius 3 is 2.48 bits per heavy atom. The van der Waals surface area contributed by atoms with Gasteiger partial charge in [0.2, 0.25) is 0 Å². The molecule has 2 unspecified atom stereocenters. The Hall–Kier alpha value is -2.94. The lowest BCUT2D eigenvalue weighted by Gasteiger charge is -2.29. The lowest BCUT2D eigenvalue weighted by atomic mass is 9.86. The summed E-state index contributed by atoms with van der Waals surface area (Å²) in [5.74, 6) is 0.228. The zero-order valence-corrected chi connectivity index (χ0v) is 16.7. The molecule has 2 aromatic carbocycles. The molecule has 8 nitrogen and oxygen atoms in total. The normalized spacial score (nSPS) is 19.3. The third kappa shape index (κ3) is 5.11. The van der Waals surface area contributed by atoms with Crippen LogP contribution in [0.2, 0.25) is 0 Å². The second-order valence-electron chi connectivity index (χ2n) is 7.16. The molecule has 154 valence electrons. The van der Waals surface area contributed by atoms with Crippen molar-refractivity contribution in [2.45, 2.75) is 43.5 Å². The smallest absolute Gasteiger partial charge is 0.339 e. The lowest BCUT2D eigenvalue weighted by molar-refractivity contribution is -0.385. The monoisotopic (exact) mass is 418 g/mol. The zero-order valence-electron chi connectivity index (χ0n) is 15.9. The van der Waals surface area contributed by atoms with Gasteiger partial charge in [-0.15, -0.1) is 0 Å². The maximum Gasteiger partial charge on any atom is 0.339 e. The molecule has 3 rings (SSSR count). The maximum absolute atomic E-state index is 12.4. The van der Waals surface area contributed by atoms with Gasteiger partial charge < -0.3 is 9.50 Å². The summed E-state index contributed by atoms with van der Waals surface area (Å²) in [6.45, 7) is 2.12. The number of amides is 1. The van der Waals surface area contributed by atoms with E-state index >= 15 is 0 Å². The number of nitro groups is 1. The Morgan fingerprint density at radius 1 is 1.14 bits per heavy atom. The fourth-order valence-corrected chi connectivity index (χ4v) is 4.34. The van der Waals surface area contributed by atoms with Gasteiger partial charge in [0, 0.05) is 23.7 Å². The molecule has 1 amide bonds. The number of rotatable bonds is 6. The Balaban J connectivity index is 1.69. The predicted molar refractivity (Wildman–Crippen MR) is 106 cm³/mol. The van der Waals surface area contributed by atoms with E-state index in [9.17, 15) is 23.3 Å². The molecular weight excluding hydrogens is 396 g/mol. The topological polar surface area (TPSA) is 116 Å². The predicted octanol–water partition coefficient (Wildman–Crippen LogP) is 3.67. The van der Waals surface area contributed by atoms with Crippen molar-refractivity contribution in [1.29, 1.82) is 0 Å². The van der Waals surface area contributed by atoms with Crippen LogP contribution < -0.4 is 9.50 Å². The minimum atomic E-state index is -4.24. The highest BCUT2D eigenvalue weighted by Gasteiger charge is 2.24. The van der Waals surface area contributed by atoms with Gasteiger partial charge >= 0.3 is 10.1 Å². The molecule has 0 aliphatic heterocycles. The van der Waals surface area contributed by atoms with Crippen LogP contribution in [0, 0.1) is 16.0 Å². The molecule has 1 aliphatic carbocycles. The van der Waals surface area contributed by atoms with E-state index in [1.165, 1.54) is 48.9 Å². The van der Waals surface area contributed by atoms with E-state index < -0.39 is 15.0 Å². The summed E-state index contributed by atoms with van der Waals surface area (Å²) in [4.78, 5) is 22.3. The average Bonchev–Trinajstić information content (AvgIpc) is 2.70. The Morgan fingerprint density at radius 2 is 1.83 bits per heavy atom. The number of nitrogens with zero attached hydrogens (tertiary/aromatic N) is 1. The first-order valence-corrected chi connectivity index (χ1v) is 10.8. The molecule has 1 fully saturated rings. The number of non-ortho nitro benzene ring substituents is 1. The van der Waals surface area contributed by atoms with E-state index in [0.29, 0.717) is 11.5 Å². The van der Waals surface area contributed by atoms with Gasteiger partial charge in [0.1, 0.15) is 10.6 Å². The standard InChI is InChI=1S/C20H22N2O6S/c1-14-5-2-3-8-19(14)21-20(23)15-9-11-17(12-10-15)28-29(26,27)18-7-4-6-16(13-18)22(24)25/h4,6-7,9-14,19H,2-3,5,8H2,1H3,(H,21,23). The average molecular weight is 418 g/mol. The lowest BCUT2D eigenvalue weighted by Crippen LogP contribution is -2.41. The van der Waals surface area contributed by atoms with Crippen LogP contribution in [0.25, 0.3) is 0 Å². The van der Waals surface area contributed by atoms with Gasteiger partial charge in [-0.3, -0.25) is 14.9 Å². The molecule has 0 spiro atoms. The van der Waals surface area contributed by atoms with Crippen molar-refractivity contribution >= 4 is 21.7 Å². The van der Waals surface area contributed by atoms with Gasteiger partial charge in [0.05, 0.1) is 4.92 Å². The summed E-state index contributed by atoms with van der Waals surface area (Å²) < 4.78 is 29.8. The second kappa shape index (κ2) is 8.60. The number of hydrogen-bond donors (Lipinski definition) is 1. The molecule has 0 saturated heterocycles. The highest BCUT2D eigenvalue weighted by molar-refractivity contribution is 7.87. The molecule has 9 heteroatoms. The fraction of sp³-hybridized carbons (Fsp3) is 0.350. The van der Waals surface area contributed by atoms with Crippen LogP contribution in [-0.4, -0.2) is 25.3 Å². The SMILES string of the molecule is CC1CCCCC1NC(=O)c1ccc(OS(=O)(=O)c2cccc([N+](=O)[O-])c2)cc1. The molecule has 0 heterocycles. The highest BCUT2D eigenvalue weighted by atomic mass is 32.2. The Labute approximate surface area is 169 Å². The summed E-state index contributed by atoms with van der Waals surface area (Å²) in [5, 5.41) is 13.9. The van der Waals surface area contributed by atoms with Gasteiger partial charge in [0.15, 0.2) is 0 Å². The number of carbonyl (C=O) groups excluding carboxylic acids is 1. The van der Waals surface area contributed by atoms with Crippen molar-refractivity contribution in [3.05, 3.63) is 64.2 Å². The van der Waals surface area contributed by atoms with Crippen LogP contribution >= 0.6 is 0 Å². The van der Waals surface area contributed by atoms with Crippen LogP contribution in [0.5, 0.6) is 5.75 Å². The van der Waals surface area contributed by atoms with E-state index in [1.54, 1.807) is 0 Å². The van der Waals surface area contributed by atoms with E-state index in [4.69, 9.17) is 4.18 Å². The molecular formula is C20H22N2O6S. The van der Waals surface area contributed by atoms with Crippen molar-refractivity contribution in [3.63, 3.8) is 0 Å². The highest BCUT2D eigenvalue weighted by Crippen LogP contribution is 2.25. The zero-order chi connectivity index (χ0) is 21.0. The summed E-state index contributed by atoms with van der Waals surface area (Å²) in [5.41, 5.74) is 0.0569. The molecule has 0 radical (unpaired) electrons. The van der Waals surface area contributed by atoms with Crippen molar-refractivity contribution in [2.75, 3.05) is 0 Å². The van der Waals surface area contributed by atoms with Gasteiger partial charge in [0.25, 0.3) is 11.6 Å². The Bertz CT molecular complexity index is 1000. The summed E-state index contributed by atoms with van der Waals surface area (Å²) in [6.07, 6.45) is 4.32. The van der Waals surface area contributed by atoms with Gasteiger partial charge in [-0.2, -0.15) is 8.42 Å². The third-order valence-electron chi connectivity index (χ3n) is 5.07. The first-order valence-electron chi connectivity index (χ1n) is 9.36. The van der Waals surface area contributed by atoms with Crippen molar-refractivity contribution < 1.29 is 22.3 Å². The number of nitro benzene ring substituents is 1. The van der Waals surface area contributed by atoms with E-state index in [1.807, 2.05) is 0 Å². The molecule has 1 N–H and O–H groups in total.